The number of guanidine groups is 1. The van der Waals surface area contributed by atoms with Gasteiger partial charge in [0.15, 0.2) is 5.96 Å². The molecule has 4 atom stereocenters. The molecule has 3 aliphatic heterocycles. The van der Waals surface area contributed by atoms with Crippen molar-refractivity contribution in [3.63, 3.8) is 0 Å². The Kier molecular flexibility index (Phi) is 5.17. The lowest BCUT2D eigenvalue weighted by Gasteiger charge is -2.23. The maximum atomic E-state index is 5.92. The highest BCUT2D eigenvalue weighted by molar-refractivity contribution is 9.10. The average molecular weight is 407 g/mol. The predicted octanol–water partition coefficient (Wildman–Crippen LogP) is 2.76. The minimum absolute atomic E-state index is 0.378. The molecule has 3 aliphatic rings. The number of rotatable bonds is 4. The Bertz CT molecular complexity index is 620. The number of ether oxygens (including phenoxy) is 1. The zero-order chi connectivity index (χ0) is 17.2. The maximum Gasteiger partial charge on any atom is 0.191 e. The molecule has 0 aliphatic carbocycles. The van der Waals surface area contributed by atoms with Crippen molar-refractivity contribution in [3.8, 4) is 0 Å². The van der Waals surface area contributed by atoms with Crippen molar-refractivity contribution < 1.29 is 4.74 Å². The third-order valence-electron chi connectivity index (χ3n) is 5.69. The molecule has 2 N–H and O–H groups in total. The van der Waals surface area contributed by atoms with Crippen molar-refractivity contribution in [3.05, 3.63) is 28.7 Å². The van der Waals surface area contributed by atoms with E-state index in [4.69, 9.17) is 4.74 Å². The number of halogens is 1. The van der Waals surface area contributed by atoms with E-state index in [9.17, 15) is 0 Å². The summed E-state index contributed by atoms with van der Waals surface area (Å²) < 4.78 is 7.06. The minimum Gasteiger partial charge on any atom is -0.373 e. The number of nitrogens with zero attached hydrogens (tertiary/aromatic N) is 2. The van der Waals surface area contributed by atoms with Gasteiger partial charge >= 0.3 is 0 Å². The fourth-order valence-corrected chi connectivity index (χ4v) is 4.55. The Morgan fingerprint density at radius 1 is 1.28 bits per heavy atom. The summed E-state index contributed by atoms with van der Waals surface area (Å²) in [4.78, 5) is 6.87. The zero-order valence-electron chi connectivity index (χ0n) is 14.7. The number of anilines is 1. The molecule has 1 aromatic carbocycles. The summed E-state index contributed by atoms with van der Waals surface area (Å²) in [5.74, 6) is 1.57. The number of hydrogen-bond donors (Lipinski definition) is 2. The lowest BCUT2D eigenvalue weighted by Crippen LogP contribution is -2.48. The predicted molar refractivity (Wildman–Crippen MR) is 105 cm³/mol. The van der Waals surface area contributed by atoms with E-state index in [1.807, 2.05) is 7.05 Å². The summed E-state index contributed by atoms with van der Waals surface area (Å²) in [5, 5.41) is 7.09. The standard InChI is InChI=1S/C19H27BrN4O/c1-21-19(23-17-10-16-6-7-18(17)25-16)22-11-13-8-9-24(12-13)15-4-2-14(20)3-5-15/h2-5,13,16-18H,6-12H2,1H3,(H2,21,22,23). The van der Waals surface area contributed by atoms with Gasteiger partial charge in [-0.3, -0.25) is 4.99 Å². The number of aliphatic imine (C=N–C) groups is 1. The molecule has 4 unspecified atom stereocenters. The van der Waals surface area contributed by atoms with Crippen LogP contribution in [0, 0.1) is 5.92 Å². The molecule has 4 rings (SSSR count). The van der Waals surface area contributed by atoms with Gasteiger partial charge in [0.2, 0.25) is 0 Å². The summed E-state index contributed by atoms with van der Waals surface area (Å²) in [6, 6.07) is 9.03. The first-order chi connectivity index (χ1) is 12.2. The fourth-order valence-electron chi connectivity index (χ4n) is 4.29. The van der Waals surface area contributed by atoms with Crippen molar-refractivity contribution in [2.45, 2.75) is 43.9 Å². The molecule has 0 aromatic heterocycles. The Labute approximate surface area is 158 Å². The highest BCUT2D eigenvalue weighted by Crippen LogP contribution is 2.34. The molecule has 1 aromatic rings. The summed E-state index contributed by atoms with van der Waals surface area (Å²) in [7, 11) is 1.85. The second-order valence-electron chi connectivity index (χ2n) is 7.39. The monoisotopic (exact) mass is 406 g/mol. The normalized spacial score (nSPS) is 31.6. The topological polar surface area (TPSA) is 48.9 Å². The molecular formula is C19H27BrN4O. The number of nitrogens with one attached hydrogen (secondary N) is 2. The number of hydrogen-bond acceptors (Lipinski definition) is 3. The van der Waals surface area contributed by atoms with Gasteiger partial charge in [0, 0.05) is 36.8 Å². The zero-order valence-corrected chi connectivity index (χ0v) is 16.3. The number of benzene rings is 1. The van der Waals surface area contributed by atoms with E-state index in [2.05, 4.69) is 60.7 Å². The summed E-state index contributed by atoms with van der Waals surface area (Å²) in [5.41, 5.74) is 1.31. The van der Waals surface area contributed by atoms with Crippen LogP contribution in [0.1, 0.15) is 25.7 Å². The van der Waals surface area contributed by atoms with E-state index in [-0.39, 0.29) is 0 Å². The van der Waals surface area contributed by atoms with Crippen LogP contribution in [0.3, 0.4) is 0 Å². The lowest BCUT2D eigenvalue weighted by atomic mass is 9.96. The molecule has 0 spiro atoms. The molecule has 2 bridgehead atoms. The quantitative estimate of drug-likeness (QED) is 0.596. The number of fused-ring (bicyclic) bond motifs is 2. The largest absolute Gasteiger partial charge is 0.373 e. The van der Waals surface area contributed by atoms with Gasteiger partial charge in [-0.25, -0.2) is 0 Å². The Morgan fingerprint density at radius 3 is 2.80 bits per heavy atom. The molecule has 25 heavy (non-hydrogen) atoms. The van der Waals surface area contributed by atoms with E-state index in [1.54, 1.807) is 0 Å². The van der Waals surface area contributed by atoms with Crippen LogP contribution in [-0.4, -0.2) is 50.9 Å². The first-order valence-electron chi connectivity index (χ1n) is 9.34. The first kappa shape index (κ1) is 17.2. The van der Waals surface area contributed by atoms with Gasteiger partial charge in [0.1, 0.15) is 0 Å². The highest BCUT2D eigenvalue weighted by atomic mass is 79.9. The van der Waals surface area contributed by atoms with Crippen LogP contribution in [0.2, 0.25) is 0 Å². The van der Waals surface area contributed by atoms with Gasteiger partial charge in [0.05, 0.1) is 18.2 Å². The third kappa shape index (κ3) is 3.95. The molecule has 0 amide bonds. The van der Waals surface area contributed by atoms with E-state index < -0.39 is 0 Å². The highest BCUT2D eigenvalue weighted by Gasteiger charge is 2.41. The fraction of sp³-hybridized carbons (Fsp3) is 0.632. The van der Waals surface area contributed by atoms with E-state index in [0.717, 1.165) is 36.5 Å². The summed E-state index contributed by atoms with van der Waals surface area (Å²) in [6.45, 7) is 3.19. The Hall–Kier alpha value is -1.27. The van der Waals surface area contributed by atoms with Gasteiger partial charge < -0.3 is 20.3 Å². The smallest absolute Gasteiger partial charge is 0.191 e. The van der Waals surface area contributed by atoms with Crippen molar-refractivity contribution >= 4 is 27.6 Å². The Balaban J connectivity index is 1.24. The van der Waals surface area contributed by atoms with Crippen molar-refractivity contribution in [2.24, 2.45) is 10.9 Å². The first-order valence-corrected chi connectivity index (χ1v) is 10.1. The van der Waals surface area contributed by atoms with Gasteiger partial charge in [-0.15, -0.1) is 0 Å². The Morgan fingerprint density at radius 2 is 2.12 bits per heavy atom. The molecule has 5 nitrogen and oxygen atoms in total. The minimum atomic E-state index is 0.378. The summed E-state index contributed by atoms with van der Waals surface area (Å²) in [6.07, 6.45) is 5.59. The molecule has 3 fully saturated rings. The van der Waals surface area contributed by atoms with E-state index >= 15 is 0 Å². The van der Waals surface area contributed by atoms with Crippen molar-refractivity contribution in [1.82, 2.24) is 10.6 Å². The molecule has 3 heterocycles. The molecule has 6 heteroatoms. The summed E-state index contributed by atoms with van der Waals surface area (Å²) >= 11 is 3.50. The van der Waals surface area contributed by atoms with Crippen LogP contribution >= 0.6 is 15.9 Å². The van der Waals surface area contributed by atoms with Crippen LogP contribution in [0.5, 0.6) is 0 Å². The molecule has 0 radical (unpaired) electrons. The maximum absolute atomic E-state index is 5.92. The SMILES string of the molecule is CN=C(NCC1CCN(c2ccc(Br)cc2)C1)NC1CC2CCC1O2. The van der Waals surface area contributed by atoms with Crippen LogP contribution < -0.4 is 15.5 Å². The van der Waals surface area contributed by atoms with Gasteiger partial charge in [-0.05, 0) is 55.9 Å². The van der Waals surface area contributed by atoms with Crippen LogP contribution in [-0.2, 0) is 4.74 Å². The molecular weight excluding hydrogens is 380 g/mol. The van der Waals surface area contributed by atoms with Crippen molar-refractivity contribution in [1.29, 1.82) is 0 Å². The van der Waals surface area contributed by atoms with E-state index in [0.29, 0.717) is 24.2 Å². The van der Waals surface area contributed by atoms with Gasteiger partial charge in [0.25, 0.3) is 0 Å². The van der Waals surface area contributed by atoms with Gasteiger partial charge in [-0.1, -0.05) is 15.9 Å². The lowest BCUT2D eigenvalue weighted by molar-refractivity contribution is 0.0992. The van der Waals surface area contributed by atoms with E-state index in [1.165, 1.54) is 24.9 Å². The third-order valence-corrected chi connectivity index (χ3v) is 6.22. The average Bonchev–Trinajstić information content (AvgIpc) is 3.36. The molecule has 136 valence electrons. The van der Waals surface area contributed by atoms with Gasteiger partial charge in [-0.2, -0.15) is 0 Å². The molecule has 0 saturated carbocycles. The second-order valence-corrected chi connectivity index (χ2v) is 8.31. The second kappa shape index (κ2) is 7.54. The molecule has 3 saturated heterocycles. The van der Waals surface area contributed by atoms with Crippen LogP contribution in [0.25, 0.3) is 0 Å². The van der Waals surface area contributed by atoms with Crippen LogP contribution in [0.15, 0.2) is 33.7 Å². The van der Waals surface area contributed by atoms with Crippen molar-refractivity contribution in [2.75, 3.05) is 31.6 Å². The van der Waals surface area contributed by atoms with Crippen LogP contribution in [0.4, 0.5) is 5.69 Å².